The lowest BCUT2D eigenvalue weighted by molar-refractivity contribution is 0.0692. The van der Waals surface area contributed by atoms with Crippen molar-refractivity contribution >= 4 is 15.9 Å². The van der Waals surface area contributed by atoms with Crippen molar-refractivity contribution in [1.29, 1.82) is 0 Å². The van der Waals surface area contributed by atoms with Crippen molar-refractivity contribution in [3.63, 3.8) is 0 Å². The highest BCUT2D eigenvalue weighted by atomic mass is 32.2. The molecule has 3 rings (SSSR count). The summed E-state index contributed by atoms with van der Waals surface area (Å²) in [6.45, 7) is 1.19. The molecule has 7 heteroatoms. The number of piperazine rings is 1. The van der Waals surface area contributed by atoms with Crippen LogP contribution in [0.4, 0.5) is 4.39 Å². The Morgan fingerprint density at radius 1 is 1.04 bits per heavy atom. The number of amides is 1. The molecule has 1 aliphatic heterocycles. The summed E-state index contributed by atoms with van der Waals surface area (Å²) < 4.78 is 40.3. The molecule has 0 spiro atoms. The second-order valence-electron chi connectivity index (χ2n) is 6.12. The van der Waals surface area contributed by atoms with Crippen LogP contribution < -0.4 is 0 Å². The molecule has 1 aromatic rings. The minimum atomic E-state index is -3.26. The predicted molar refractivity (Wildman–Crippen MR) is 85.1 cm³/mol. The van der Waals surface area contributed by atoms with Crippen molar-refractivity contribution in [3.8, 4) is 0 Å². The highest BCUT2D eigenvalue weighted by molar-refractivity contribution is 7.89. The zero-order chi connectivity index (χ0) is 16.4. The zero-order valence-corrected chi connectivity index (χ0v) is 13.8. The first-order chi connectivity index (χ1) is 11.0. The molecule has 126 valence electrons. The number of rotatable bonds is 3. The van der Waals surface area contributed by atoms with Crippen LogP contribution in [0.15, 0.2) is 24.3 Å². The SMILES string of the molecule is O=C(c1ccccc1F)N1CCN(S(=O)(=O)C2CCCC2)CC1. The minimum Gasteiger partial charge on any atom is -0.336 e. The fourth-order valence-electron chi connectivity index (χ4n) is 3.35. The molecule has 0 atom stereocenters. The van der Waals surface area contributed by atoms with Crippen molar-refractivity contribution < 1.29 is 17.6 Å². The van der Waals surface area contributed by atoms with Gasteiger partial charge in [0.25, 0.3) is 5.91 Å². The van der Waals surface area contributed by atoms with Crippen molar-refractivity contribution in [2.45, 2.75) is 30.9 Å². The smallest absolute Gasteiger partial charge is 0.256 e. The van der Waals surface area contributed by atoms with E-state index in [0.29, 0.717) is 26.2 Å². The van der Waals surface area contributed by atoms with E-state index in [-0.39, 0.29) is 16.7 Å². The van der Waals surface area contributed by atoms with Gasteiger partial charge in [-0.25, -0.2) is 12.8 Å². The van der Waals surface area contributed by atoms with E-state index in [1.165, 1.54) is 27.4 Å². The van der Waals surface area contributed by atoms with Crippen molar-refractivity contribution in [1.82, 2.24) is 9.21 Å². The van der Waals surface area contributed by atoms with Crippen LogP contribution in [-0.4, -0.2) is 55.0 Å². The van der Waals surface area contributed by atoms with Gasteiger partial charge in [0, 0.05) is 26.2 Å². The molecular weight excluding hydrogens is 319 g/mol. The monoisotopic (exact) mass is 340 g/mol. The van der Waals surface area contributed by atoms with E-state index in [9.17, 15) is 17.6 Å². The van der Waals surface area contributed by atoms with Crippen LogP contribution in [-0.2, 0) is 10.0 Å². The summed E-state index contributed by atoms with van der Waals surface area (Å²) >= 11 is 0. The molecule has 1 aliphatic carbocycles. The highest BCUT2D eigenvalue weighted by Crippen LogP contribution is 2.27. The maximum absolute atomic E-state index is 13.7. The van der Waals surface area contributed by atoms with E-state index in [0.717, 1.165) is 25.7 Å². The molecule has 1 amide bonds. The molecule has 0 unspecified atom stereocenters. The van der Waals surface area contributed by atoms with E-state index in [4.69, 9.17) is 0 Å². The van der Waals surface area contributed by atoms with E-state index in [1.54, 1.807) is 6.07 Å². The fraction of sp³-hybridized carbons (Fsp3) is 0.562. The molecule has 0 aromatic heterocycles. The third kappa shape index (κ3) is 3.26. The van der Waals surface area contributed by atoms with Gasteiger partial charge in [-0.3, -0.25) is 4.79 Å². The Bertz CT molecular complexity index is 678. The van der Waals surface area contributed by atoms with Crippen LogP contribution in [0.3, 0.4) is 0 Å². The molecule has 0 N–H and O–H groups in total. The molecule has 1 saturated heterocycles. The number of benzene rings is 1. The van der Waals surface area contributed by atoms with Crippen LogP contribution in [0.1, 0.15) is 36.0 Å². The van der Waals surface area contributed by atoms with Gasteiger partial charge in [0.05, 0.1) is 10.8 Å². The van der Waals surface area contributed by atoms with Crippen molar-refractivity contribution in [2.75, 3.05) is 26.2 Å². The first-order valence-corrected chi connectivity index (χ1v) is 9.53. The molecule has 1 saturated carbocycles. The number of carbonyl (C=O) groups excluding carboxylic acids is 1. The second-order valence-corrected chi connectivity index (χ2v) is 8.34. The van der Waals surface area contributed by atoms with Crippen molar-refractivity contribution in [3.05, 3.63) is 35.6 Å². The summed E-state index contributed by atoms with van der Waals surface area (Å²) in [6, 6.07) is 5.88. The van der Waals surface area contributed by atoms with Gasteiger partial charge < -0.3 is 4.90 Å². The third-order valence-corrected chi connectivity index (χ3v) is 7.11. The van der Waals surface area contributed by atoms with Gasteiger partial charge in [-0.1, -0.05) is 25.0 Å². The van der Waals surface area contributed by atoms with Crippen LogP contribution in [0.2, 0.25) is 0 Å². The average molecular weight is 340 g/mol. The maximum atomic E-state index is 13.7. The number of nitrogens with zero attached hydrogens (tertiary/aromatic N) is 2. The molecule has 0 radical (unpaired) electrons. The summed E-state index contributed by atoms with van der Waals surface area (Å²) in [5.74, 6) is -0.917. The van der Waals surface area contributed by atoms with Crippen LogP contribution >= 0.6 is 0 Å². The minimum absolute atomic E-state index is 0.0413. The quantitative estimate of drug-likeness (QED) is 0.844. The first-order valence-electron chi connectivity index (χ1n) is 8.03. The average Bonchev–Trinajstić information content (AvgIpc) is 3.10. The summed E-state index contributed by atoms with van der Waals surface area (Å²) in [5.41, 5.74) is 0.0413. The van der Waals surface area contributed by atoms with Gasteiger partial charge in [-0.2, -0.15) is 4.31 Å². The Kier molecular flexibility index (Phi) is 4.68. The molecule has 2 aliphatic rings. The number of sulfonamides is 1. The molecule has 2 fully saturated rings. The van der Waals surface area contributed by atoms with E-state index in [2.05, 4.69) is 0 Å². The summed E-state index contributed by atoms with van der Waals surface area (Å²) in [5, 5.41) is -0.267. The Hall–Kier alpha value is -1.47. The lowest BCUT2D eigenvalue weighted by Gasteiger charge is -2.35. The normalized spacial score (nSPS) is 20.8. The number of hydrogen-bond donors (Lipinski definition) is 0. The van der Waals surface area contributed by atoms with Gasteiger partial charge >= 0.3 is 0 Å². The lowest BCUT2D eigenvalue weighted by atomic mass is 10.1. The van der Waals surface area contributed by atoms with Gasteiger partial charge in [-0.05, 0) is 25.0 Å². The number of carbonyl (C=O) groups is 1. The molecule has 0 bridgehead atoms. The Morgan fingerprint density at radius 2 is 1.65 bits per heavy atom. The number of halogens is 1. The second kappa shape index (κ2) is 6.57. The summed E-state index contributed by atoms with van der Waals surface area (Å²) in [7, 11) is -3.26. The zero-order valence-electron chi connectivity index (χ0n) is 12.9. The third-order valence-electron chi connectivity index (χ3n) is 4.71. The van der Waals surface area contributed by atoms with Gasteiger partial charge in [-0.15, -0.1) is 0 Å². The largest absolute Gasteiger partial charge is 0.336 e. The van der Waals surface area contributed by atoms with Gasteiger partial charge in [0.2, 0.25) is 10.0 Å². The molecule has 1 heterocycles. The Labute approximate surface area is 136 Å². The maximum Gasteiger partial charge on any atom is 0.256 e. The fourth-order valence-corrected chi connectivity index (χ4v) is 5.37. The molecular formula is C16H21FN2O3S. The van der Waals surface area contributed by atoms with Crippen LogP contribution in [0.25, 0.3) is 0 Å². The topological polar surface area (TPSA) is 57.7 Å². The Morgan fingerprint density at radius 3 is 2.26 bits per heavy atom. The van der Waals surface area contributed by atoms with E-state index >= 15 is 0 Å². The molecule has 1 aromatic carbocycles. The van der Waals surface area contributed by atoms with Crippen LogP contribution in [0.5, 0.6) is 0 Å². The highest BCUT2D eigenvalue weighted by Gasteiger charge is 2.36. The van der Waals surface area contributed by atoms with E-state index in [1.807, 2.05) is 0 Å². The predicted octanol–water partition coefficient (Wildman–Crippen LogP) is 1.86. The summed E-state index contributed by atoms with van der Waals surface area (Å²) in [6.07, 6.45) is 3.40. The summed E-state index contributed by atoms with van der Waals surface area (Å²) in [4.78, 5) is 13.9. The Balaban J connectivity index is 1.64. The van der Waals surface area contributed by atoms with Gasteiger partial charge in [0.15, 0.2) is 0 Å². The lowest BCUT2D eigenvalue weighted by Crippen LogP contribution is -2.52. The van der Waals surface area contributed by atoms with Gasteiger partial charge in [0.1, 0.15) is 5.82 Å². The number of hydrogen-bond acceptors (Lipinski definition) is 3. The van der Waals surface area contributed by atoms with E-state index < -0.39 is 15.8 Å². The standard InChI is InChI=1S/C16H21FN2O3S/c17-15-8-4-3-7-14(15)16(20)18-9-11-19(12-10-18)23(21,22)13-5-1-2-6-13/h3-4,7-8,13H,1-2,5-6,9-12H2. The first kappa shape index (κ1) is 16.4. The molecule has 5 nitrogen and oxygen atoms in total. The van der Waals surface area contributed by atoms with Crippen molar-refractivity contribution in [2.24, 2.45) is 0 Å². The van der Waals surface area contributed by atoms with Crippen LogP contribution in [0, 0.1) is 5.82 Å². The molecule has 23 heavy (non-hydrogen) atoms.